The van der Waals surface area contributed by atoms with Gasteiger partial charge in [-0.05, 0) is 38.2 Å². The maximum Gasteiger partial charge on any atom is 0.227 e. The van der Waals surface area contributed by atoms with Crippen LogP contribution in [0.3, 0.4) is 0 Å². The van der Waals surface area contributed by atoms with Crippen LogP contribution in [0.2, 0.25) is 0 Å². The van der Waals surface area contributed by atoms with Gasteiger partial charge in [0.15, 0.2) is 11.6 Å². The number of carbonyl (C=O) groups excluding carboxylic acids is 1. The molecule has 112 valence electrons. The summed E-state index contributed by atoms with van der Waals surface area (Å²) in [6.07, 6.45) is 1.32. The highest BCUT2D eigenvalue weighted by atomic mass is 19.1. The molecule has 0 amide bonds. The second kappa shape index (κ2) is 7.08. The van der Waals surface area contributed by atoms with E-state index in [0.717, 1.165) is 0 Å². The van der Waals surface area contributed by atoms with E-state index in [1.165, 1.54) is 24.3 Å². The largest absolute Gasteiger partial charge is 0.339 e. The Balaban J connectivity index is 1.88. The quantitative estimate of drug-likeness (QED) is 0.792. The summed E-state index contributed by atoms with van der Waals surface area (Å²) >= 11 is 0. The molecule has 0 fully saturated rings. The molecule has 0 spiro atoms. The minimum absolute atomic E-state index is 0.0710. The molecule has 0 radical (unpaired) electrons. The highest BCUT2D eigenvalue weighted by Gasteiger charge is 2.12. The molecule has 0 aliphatic heterocycles. The molecule has 2 aromatic rings. The number of carbonyl (C=O) groups is 1. The van der Waals surface area contributed by atoms with Crippen LogP contribution in [0.25, 0.3) is 0 Å². The van der Waals surface area contributed by atoms with Crippen LogP contribution in [-0.2, 0) is 12.8 Å². The van der Waals surface area contributed by atoms with E-state index >= 15 is 0 Å². The first-order chi connectivity index (χ1) is 10.1. The Morgan fingerprint density at radius 2 is 2.10 bits per heavy atom. The molecular formula is C15H18FN3O2. The Bertz CT molecular complexity index is 595. The van der Waals surface area contributed by atoms with Gasteiger partial charge in [0.05, 0.1) is 0 Å². The molecule has 1 aromatic heterocycles. The maximum atomic E-state index is 12.8. The third kappa shape index (κ3) is 4.46. The monoisotopic (exact) mass is 291 g/mol. The fourth-order valence-corrected chi connectivity index (χ4v) is 1.85. The van der Waals surface area contributed by atoms with Gasteiger partial charge in [0.2, 0.25) is 5.89 Å². The normalized spacial score (nSPS) is 12.3. The third-order valence-corrected chi connectivity index (χ3v) is 3.22. The number of halogens is 1. The smallest absolute Gasteiger partial charge is 0.227 e. The van der Waals surface area contributed by atoms with Crippen molar-refractivity contribution in [1.29, 1.82) is 0 Å². The number of ketones is 1. The number of Topliss-reactive ketones (excluding diaryl/α,β-unsaturated/α-hetero) is 1. The zero-order valence-electron chi connectivity index (χ0n) is 12.1. The molecule has 2 rings (SSSR count). The minimum Gasteiger partial charge on any atom is -0.339 e. The Kier molecular flexibility index (Phi) is 5.16. The van der Waals surface area contributed by atoms with Crippen LogP contribution in [0.1, 0.15) is 35.4 Å². The second-order valence-corrected chi connectivity index (χ2v) is 4.93. The lowest BCUT2D eigenvalue weighted by molar-refractivity contribution is 0.0979. The molecule has 1 N–H and O–H groups in total. The van der Waals surface area contributed by atoms with E-state index < -0.39 is 0 Å². The lowest BCUT2D eigenvalue weighted by atomic mass is 10.1. The number of aromatic nitrogens is 2. The van der Waals surface area contributed by atoms with Crippen LogP contribution >= 0.6 is 0 Å². The molecule has 1 heterocycles. The summed E-state index contributed by atoms with van der Waals surface area (Å²) in [7, 11) is 1.87. The number of hydrogen-bond donors (Lipinski definition) is 1. The van der Waals surface area contributed by atoms with Crippen LogP contribution in [0.15, 0.2) is 28.8 Å². The van der Waals surface area contributed by atoms with Gasteiger partial charge in [0, 0.05) is 30.9 Å². The van der Waals surface area contributed by atoms with Crippen molar-refractivity contribution in [3.8, 4) is 0 Å². The summed E-state index contributed by atoms with van der Waals surface area (Å²) in [5.74, 6) is 0.648. The Morgan fingerprint density at radius 3 is 2.76 bits per heavy atom. The predicted octanol–water partition coefficient (Wildman–Crippen LogP) is 2.17. The van der Waals surface area contributed by atoms with Crippen LogP contribution in [-0.4, -0.2) is 29.0 Å². The predicted molar refractivity (Wildman–Crippen MR) is 75.6 cm³/mol. The highest BCUT2D eigenvalue weighted by molar-refractivity contribution is 5.96. The van der Waals surface area contributed by atoms with Gasteiger partial charge in [-0.2, -0.15) is 4.98 Å². The summed E-state index contributed by atoms with van der Waals surface area (Å²) in [6, 6.07) is 5.77. The van der Waals surface area contributed by atoms with Crippen molar-refractivity contribution in [1.82, 2.24) is 15.5 Å². The average Bonchev–Trinajstić information content (AvgIpc) is 2.93. The lowest BCUT2D eigenvalue weighted by Crippen LogP contribution is -2.24. The van der Waals surface area contributed by atoms with Gasteiger partial charge < -0.3 is 9.84 Å². The van der Waals surface area contributed by atoms with Crippen molar-refractivity contribution in [2.24, 2.45) is 0 Å². The molecule has 1 unspecified atom stereocenters. The second-order valence-electron chi connectivity index (χ2n) is 4.93. The third-order valence-electron chi connectivity index (χ3n) is 3.22. The van der Waals surface area contributed by atoms with Crippen molar-refractivity contribution in [3.05, 3.63) is 47.4 Å². The molecule has 21 heavy (non-hydrogen) atoms. The molecule has 0 aliphatic rings. The topological polar surface area (TPSA) is 68.0 Å². The van der Waals surface area contributed by atoms with Gasteiger partial charge in [-0.1, -0.05) is 5.16 Å². The number of hydrogen-bond acceptors (Lipinski definition) is 5. The molecule has 1 atom stereocenters. The molecule has 6 heteroatoms. The summed E-state index contributed by atoms with van der Waals surface area (Å²) < 4.78 is 17.9. The molecule has 5 nitrogen and oxygen atoms in total. The number of rotatable bonds is 7. The molecule has 0 saturated heterocycles. The van der Waals surface area contributed by atoms with Crippen molar-refractivity contribution in [3.63, 3.8) is 0 Å². The summed E-state index contributed by atoms with van der Waals surface area (Å²) in [5, 5.41) is 6.97. The summed E-state index contributed by atoms with van der Waals surface area (Å²) in [4.78, 5) is 16.2. The molecule has 1 aromatic carbocycles. The van der Waals surface area contributed by atoms with Gasteiger partial charge in [0.25, 0.3) is 0 Å². The van der Waals surface area contributed by atoms with E-state index in [0.29, 0.717) is 30.1 Å². The van der Waals surface area contributed by atoms with Crippen molar-refractivity contribution in [2.45, 2.75) is 32.2 Å². The summed E-state index contributed by atoms with van der Waals surface area (Å²) in [5.41, 5.74) is 0.486. The number of likely N-dealkylation sites (N-methyl/N-ethyl adjacent to an activating group) is 1. The molecular weight excluding hydrogens is 273 g/mol. The zero-order chi connectivity index (χ0) is 15.2. The van der Waals surface area contributed by atoms with Crippen molar-refractivity contribution in [2.75, 3.05) is 7.05 Å². The SMILES string of the molecule is CNC(C)Cc1noc(CCC(=O)c2ccc(F)cc2)n1. The standard InChI is InChI=1S/C15H18FN3O2/c1-10(17-2)9-14-18-15(21-19-14)8-7-13(20)11-3-5-12(16)6-4-11/h3-6,10,17H,7-9H2,1-2H3. The zero-order valence-corrected chi connectivity index (χ0v) is 12.1. The number of benzene rings is 1. The van der Waals surface area contributed by atoms with Crippen LogP contribution < -0.4 is 5.32 Å². The van der Waals surface area contributed by atoms with Crippen LogP contribution in [0.5, 0.6) is 0 Å². The van der Waals surface area contributed by atoms with Crippen molar-refractivity contribution < 1.29 is 13.7 Å². The Hall–Kier alpha value is -2.08. The molecule has 0 aliphatic carbocycles. The fraction of sp³-hybridized carbons (Fsp3) is 0.400. The van der Waals surface area contributed by atoms with E-state index in [4.69, 9.17) is 4.52 Å². The average molecular weight is 291 g/mol. The van der Waals surface area contributed by atoms with Gasteiger partial charge in [-0.3, -0.25) is 4.79 Å². The maximum absolute atomic E-state index is 12.8. The van der Waals surface area contributed by atoms with E-state index in [1.54, 1.807) is 0 Å². The first-order valence-corrected chi connectivity index (χ1v) is 6.86. The molecule has 0 bridgehead atoms. The van der Waals surface area contributed by atoms with E-state index in [9.17, 15) is 9.18 Å². The van der Waals surface area contributed by atoms with Crippen molar-refractivity contribution >= 4 is 5.78 Å². The Morgan fingerprint density at radius 1 is 1.38 bits per heavy atom. The summed E-state index contributed by atoms with van der Waals surface area (Å²) in [6.45, 7) is 2.02. The number of nitrogens with zero attached hydrogens (tertiary/aromatic N) is 2. The first-order valence-electron chi connectivity index (χ1n) is 6.86. The lowest BCUT2D eigenvalue weighted by Gasteiger charge is -2.04. The Labute approximate surface area is 122 Å². The fourth-order valence-electron chi connectivity index (χ4n) is 1.85. The van der Waals surface area contributed by atoms with Crippen LogP contribution in [0.4, 0.5) is 4.39 Å². The van der Waals surface area contributed by atoms with E-state index in [-0.39, 0.29) is 24.1 Å². The van der Waals surface area contributed by atoms with Gasteiger partial charge >= 0.3 is 0 Å². The number of nitrogens with one attached hydrogen (secondary N) is 1. The van der Waals surface area contributed by atoms with E-state index in [1.807, 2.05) is 14.0 Å². The minimum atomic E-state index is -0.355. The number of aryl methyl sites for hydroxylation is 1. The van der Waals surface area contributed by atoms with Gasteiger partial charge in [-0.25, -0.2) is 4.39 Å². The molecule has 0 saturated carbocycles. The van der Waals surface area contributed by atoms with Crippen LogP contribution in [0, 0.1) is 5.82 Å². The van der Waals surface area contributed by atoms with Gasteiger partial charge in [-0.15, -0.1) is 0 Å². The highest BCUT2D eigenvalue weighted by Crippen LogP contribution is 2.09. The van der Waals surface area contributed by atoms with Gasteiger partial charge in [0.1, 0.15) is 5.82 Å². The first kappa shape index (κ1) is 15.3. The van der Waals surface area contributed by atoms with E-state index in [2.05, 4.69) is 15.5 Å².